The Morgan fingerprint density at radius 1 is 1.06 bits per heavy atom. The van der Waals surface area contributed by atoms with Crippen LogP contribution in [-0.4, -0.2) is 63.7 Å². The number of hydrogen-bond donors (Lipinski definition) is 1. The summed E-state index contributed by atoms with van der Waals surface area (Å²) >= 11 is 0. The van der Waals surface area contributed by atoms with Gasteiger partial charge in [0.15, 0.2) is 6.61 Å². The lowest BCUT2D eigenvalue weighted by Crippen LogP contribution is -2.49. The summed E-state index contributed by atoms with van der Waals surface area (Å²) in [6.45, 7) is 5.84. The van der Waals surface area contributed by atoms with Crippen molar-refractivity contribution in [3.05, 3.63) is 59.9 Å². The molecule has 2 aromatic rings. The molecule has 0 atom stereocenters. The molecule has 1 heterocycles. The van der Waals surface area contributed by atoms with Crippen molar-refractivity contribution in [2.75, 3.05) is 50.0 Å². The Morgan fingerprint density at radius 2 is 1.73 bits per heavy atom. The van der Waals surface area contributed by atoms with Crippen LogP contribution in [0.15, 0.2) is 48.5 Å². The van der Waals surface area contributed by atoms with Gasteiger partial charge in [0.05, 0.1) is 11.4 Å². The molecule has 0 bridgehead atoms. The lowest BCUT2D eigenvalue weighted by molar-refractivity contribution is -0.123. The average molecular weight is 478 g/mol. The van der Waals surface area contributed by atoms with E-state index in [-0.39, 0.29) is 30.6 Å². The van der Waals surface area contributed by atoms with Crippen molar-refractivity contribution < 1.29 is 22.3 Å². The van der Waals surface area contributed by atoms with Crippen LogP contribution in [0.4, 0.5) is 10.1 Å². The van der Waals surface area contributed by atoms with Gasteiger partial charge < -0.3 is 15.0 Å². The number of carbonyl (C=O) groups excluding carboxylic acids is 1. The highest BCUT2D eigenvalue weighted by molar-refractivity contribution is 7.89. The van der Waals surface area contributed by atoms with Crippen LogP contribution in [0.3, 0.4) is 0 Å². The molecule has 1 N–H and O–H groups in total. The minimum atomic E-state index is -3.43. The molecule has 180 valence electrons. The number of nitrogens with one attached hydrogen (secondary N) is 1. The zero-order chi connectivity index (χ0) is 23.8. The standard InChI is InChI=1S/C24H32FN3O4S/c1-19(2)20-8-10-21(11-9-20)32-18-24(29)26-12-5-17-33(30,31)28-15-13-27(14-16-28)23-7-4-3-6-22(23)25/h3-4,6-11,19H,5,12-18H2,1-2H3,(H,26,29). The summed E-state index contributed by atoms with van der Waals surface area (Å²) in [6.07, 6.45) is 0.310. The fourth-order valence-electron chi connectivity index (χ4n) is 3.68. The summed E-state index contributed by atoms with van der Waals surface area (Å²) in [6, 6.07) is 14.1. The third kappa shape index (κ3) is 7.17. The molecule has 1 aliphatic rings. The number of anilines is 1. The highest BCUT2D eigenvalue weighted by Gasteiger charge is 2.27. The van der Waals surface area contributed by atoms with Gasteiger partial charge in [-0.25, -0.2) is 12.8 Å². The van der Waals surface area contributed by atoms with Gasteiger partial charge in [0, 0.05) is 32.7 Å². The minimum absolute atomic E-state index is 0.0511. The first-order valence-corrected chi connectivity index (χ1v) is 12.8. The van der Waals surface area contributed by atoms with Crippen LogP contribution >= 0.6 is 0 Å². The maximum Gasteiger partial charge on any atom is 0.257 e. The van der Waals surface area contributed by atoms with Crippen LogP contribution in [0.1, 0.15) is 31.7 Å². The summed E-state index contributed by atoms with van der Waals surface area (Å²) in [5.74, 6) is 0.394. The molecule has 0 saturated carbocycles. The molecule has 0 radical (unpaired) electrons. The normalized spacial score (nSPS) is 15.0. The van der Waals surface area contributed by atoms with Crippen molar-refractivity contribution in [3.63, 3.8) is 0 Å². The number of carbonyl (C=O) groups is 1. The molecular weight excluding hydrogens is 445 g/mol. The van der Waals surface area contributed by atoms with E-state index < -0.39 is 10.0 Å². The Labute approximate surface area is 195 Å². The molecular formula is C24H32FN3O4S. The van der Waals surface area contributed by atoms with E-state index in [9.17, 15) is 17.6 Å². The van der Waals surface area contributed by atoms with Crippen molar-refractivity contribution in [2.24, 2.45) is 0 Å². The van der Waals surface area contributed by atoms with Gasteiger partial charge in [-0.3, -0.25) is 4.79 Å². The van der Waals surface area contributed by atoms with Gasteiger partial charge in [0.1, 0.15) is 11.6 Å². The van der Waals surface area contributed by atoms with Gasteiger partial charge in [-0.2, -0.15) is 4.31 Å². The van der Waals surface area contributed by atoms with Crippen molar-refractivity contribution in [1.29, 1.82) is 0 Å². The van der Waals surface area contributed by atoms with E-state index in [2.05, 4.69) is 19.2 Å². The lowest BCUT2D eigenvalue weighted by atomic mass is 10.0. The van der Waals surface area contributed by atoms with Crippen LogP contribution < -0.4 is 15.0 Å². The molecule has 9 heteroatoms. The Hall–Kier alpha value is -2.65. The van der Waals surface area contributed by atoms with E-state index in [1.54, 1.807) is 18.2 Å². The number of piperazine rings is 1. The highest BCUT2D eigenvalue weighted by Crippen LogP contribution is 2.21. The van der Waals surface area contributed by atoms with Crippen LogP contribution in [0.5, 0.6) is 5.75 Å². The monoisotopic (exact) mass is 477 g/mol. The van der Waals surface area contributed by atoms with E-state index in [0.717, 1.165) is 0 Å². The smallest absolute Gasteiger partial charge is 0.257 e. The van der Waals surface area contributed by atoms with Crippen molar-refractivity contribution in [3.8, 4) is 5.75 Å². The zero-order valence-electron chi connectivity index (χ0n) is 19.2. The molecule has 2 aromatic carbocycles. The molecule has 0 aliphatic carbocycles. The van der Waals surface area contributed by atoms with Crippen LogP contribution in [0.2, 0.25) is 0 Å². The summed E-state index contributed by atoms with van der Waals surface area (Å²) in [7, 11) is -3.43. The van der Waals surface area contributed by atoms with E-state index in [1.807, 2.05) is 29.2 Å². The number of nitrogens with zero attached hydrogens (tertiary/aromatic N) is 2. The molecule has 1 fully saturated rings. The number of benzene rings is 2. The largest absolute Gasteiger partial charge is 0.484 e. The second-order valence-electron chi connectivity index (χ2n) is 8.37. The molecule has 7 nitrogen and oxygen atoms in total. The fourth-order valence-corrected chi connectivity index (χ4v) is 5.16. The number of rotatable bonds is 10. The van der Waals surface area contributed by atoms with E-state index in [4.69, 9.17) is 4.74 Å². The number of para-hydroxylation sites is 1. The van der Waals surface area contributed by atoms with Crippen molar-refractivity contribution in [2.45, 2.75) is 26.2 Å². The van der Waals surface area contributed by atoms with Crippen LogP contribution in [0, 0.1) is 5.82 Å². The third-order valence-corrected chi connectivity index (χ3v) is 7.60. The summed E-state index contributed by atoms with van der Waals surface area (Å²) in [5.41, 5.74) is 1.69. The molecule has 33 heavy (non-hydrogen) atoms. The first-order chi connectivity index (χ1) is 15.8. The van der Waals surface area contributed by atoms with Gasteiger partial charge in [0.2, 0.25) is 10.0 Å². The van der Waals surface area contributed by atoms with E-state index in [0.29, 0.717) is 50.0 Å². The summed E-state index contributed by atoms with van der Waals surface area (Å²) in [4.78, 5) is 13.8. The SMILES string of the molecule is CC(C)c1ccc(OCC(=O)NCCCS(=O)(=O)N2CCN(c3ccccc3F)CC2)cc1. The van der Waals surface area contributed by atoms with E-state index in [1.165, 1.54) is 15.9 Å². The number of sulfonamides is 1. The topological polar surface area (TPSA) is 78.9 Å². The molecule has 0 aromatic heterocycles. The molecule has 3 rings (SSSR count). The zero-order valence-corrected chi connectivity index (χ0v) is 20.0. The lowest BCUT2D eigenvalue weighted by Gasteiger charge is -2.35. The molecule has 0 spiro atoms. The van der Waals surface area contributed by atoms with Crippen LogP contribution in [-0.2, 0) is 14.8 Å². The quantitative estimate of drug-likeness (QED) is 0.533. The molecule has 1 saturated heterocycles. The molecule has 0 unspecified atom stereocenters. The van der Waals surface area contributed by atoms with Gasteiger partial charge in [-0.05, 0) is 42.2 Å². The van der Waals surface area contributed by atoms with Gasteiger partial charge in [-0.1, -0.05) is 38.1 Å². The second-order valence-corrected chi connectivity index (χ2v) is 10.5. The fraction of sp³-hybridized carbons (Fsp3) is 0.458. The molecule has 1 aliphatic heterocycles. The van der Waals surface area contributed by atoms with Crippen LogP contribution in [0.25, 0.3) is 0 Å². The average Bonchev–Trinajstić information content (AvgIpc) is 2.81. The Kier molecular flexibility index (Phi) is 8.68. The van der Waals surface area contributed by atoms with Gasteiger partial charge in [-0.15, -0.1) is 0 Å². The molecule has 1 amide bonds. The predicted octanol–water partition coefficient (Wildman–Crippen LogP) is 2.99. The number of hydrogen-bond acceptors (Lipinski definition) is 5. The maximum absolute atomic E-state index is 14.0. The van der Waals surface area contributed by atoms with Crippen molar-refractivity contribution >= 4 is 21.6 Å². The number of amides is 1. The summed E-state index contributed by atoms with van der Waals surface area (Å²) < 4.78 is 46.1. The number of halogens is 1. The highest BCUT2D eigenvalue weighted by atomic mass is 32.2. The Bertz CT molecular complexity index is 1020. The maximum atomic E-state index is 14.0. The van der Waals surface area contributed by atoms with Gasteiger partial charge in [0.25, 0.3) is 5.91 Å². The first-order valence-electron chi connectivity index (χ1n) is 11.2. The Morgan fingerprint density at radius 3 is 2.36 bits per heavy atom. The minimum Gasteiger partial charge on any atom is -0.484 e. The van der Waals surface area contributed by atoms with Gasteiger partial charge >= 0.3 is 0 Å². The number of ether oxygens (including phenoxy) is 1. The van der Waals surface area contributed by atoms with E-state index >= 15 is 0 Å². The third-order valence-electron chi connectivity index (χ3n) is 5.64. The predicted molar refractivity (Wildman–Crippen MR) is 128 cm³/mol. The first kappa shape index (κ1) is 25.0. The summed E-state index contributed by atoms with van der Waals surface area (Å²) in [5, 5.41) is 2.70. The second kappa shape index (κ2) is 11.5. The Balaban J connectivity index is 1.35. The van der Waals surface area contributed by atoms with Crippen molar-refractivity contribution in [1.82, 2.24) is 9.62 Å².